The van der Waals surface area contributed by atoms with E-state index in [4.69, 9.17) is 0 Å². The zero-order valence-corrected chi connectivity index (χ0v) is 15.6. The van der Waals surface area contributed by atoms with Crippen LogP contribution in [0.3, 0.4) is 0 Å². The lowest BCUT2D eigenvalue weighted by atomic mass is 9.98. The minimum atomic E-state index is -2.75. The van der Waals surface area contributed by atoms with Crippen molar-refractivity contribution in [2.24, 2.45) is 5.92 Å². The van der Waals surface area contributed by atoms with Gasteiger partial charge in [0.1, 0.15) is 22.0 Å². The molecule has 25 heavy (non-hydrogen) atoms. The molecule has 2 aliphatic heterocycles. The second-order valence-electron chi connectivity index (χ2n) is 7.83. The zero-order chi connectivity index (χ0) is 17.3. The van der Waals surface area contributed by atoms with E-state index in [0.717, 1.165) is 38.3 Å². The SMILES string of the molecule is O=S1(=O)CCC(CN2CCC(N(c3ccncn3)C3CC3)CC2)CC1. The fourth-order valence-corrected chi connectivity index (χ4v) is 5.92. The van der Waals surface area contributed by atoms with Crippen molar-refractivity contribution in [3.8, 4) is 0 Å². The van der Waals surface area contributed by atoms with E-state index in [2.05, 4.69) is 19.8 Å². The van der Waals surface area contributed by atoms with Gasteiger partial charge in [0.15, 0.2) is 0 Å². The van der Waals surface area contributed by atoms with Crippen molar-refractivity contribution in [2.75, 3.05) is 36.0 Å². The van der Waals surface area contributed by atoms with E-state index >= 15 is 0 Å². The Hall–Kier alpha value is -1.21. The van der Waals surface area contributed by atoms with Crippen molar-refractivity contribution in [3.63, 3.8) is 0 Å². The third kappa shape index (κ3) is 4.31. The first-order valence-electron chi connectivity index (χ1n) is 9.58. The zero-order valence-electron chi connectivity index (χ0n) is 14.8. The van der Waals surface area contributed by atoms with Gasteiger partial charge in [-0.3, -0.25) is 0 Å². The summed E-state index contributed by atoms with van der Waals surface area (Å²) < 4.78 is 23.2. The predicted octanol–water partition coefficient (Wildman–Crippen LogP) is 1.73. The smallest absolute Gasteiger partial charge is 0.150 e. The molecular weight excluding hydrogens is 336 g/mol. The van der Waals surface area contributed by atoms with Gasteiger partial charge in [0.05, 0.1) is 11.5 Å². The van der Waals surface area contributed by atoms with E-state index in [1.165, 1.54) is 25.7 Å². The van der Waals surface area contributed by atoms with Crippen molar-refractivity contribution in [2.45, 2.75) is 50.6 Å². The Morgan fingerprint density at radius 2 is 1.72 bits per heavy atom. The molecule has 1 saturated carbocycles. The number of rotatable bonds is 5. The summed E-state index contributed by atoms with van der Waals surface area (Å²) in [5.41, 5.74) is 0. The summed E-state index contributed by atoms with van der Waals surface area (Å²) in [6.45, 7) is 3.30. The number of sulfone groups is 1. The first-order chi connectivity index (χ1) is 12.1. The van der Waals surface area contributed by atoms with E-state index in [0.29, 0.717) is 29.5 Å². The van der Waals surface area contributed by atoms with Gasteiger partial charge in [-0.1, -0.05) is 0 Å². The number of hydrogen-bond acceptors (Lipinski definition) is 6. The number of anilines is 1. The normalized spacial score (nSPS) is 25.8. The quantitative estimate of drug-likeness (QED) is 0.793. The maximum Gasteiger partial charge on any atom is 0.150 e. The molecule has 0 spiro atoms. The van der Waals surface area contributed by atoms with E-state index in [1.807, 2.05) is 12.3 Å². The van der Waals surface area contributed by atoms with Crippen LogP contribution in [-0.2, 0) is 9.84 Å². The Balaban J connectivity index is 1.30. The third-order valence-corrected chi connectivity index (χ3v) is 7.63. The van der Waals surface area contributed by atoms with Gasteiger partial charge in [-0.15, -0.1) is 0 Å². The highest BCUT2D eigenvalue weighted by molar-refractivity contribution is 7.91. The molecule has 0 atom stereocenters. The average molecular weight is 365 g/mol. The summed E-state index contributed by atoms with van der Waals surface area (Å²) >= 11 is 0. The molecule has 0 bridgehead atoms. The fraction of sp³-hybridized carbons (Fsp3) is 0.778. The van der Waals surface area contributed by atoms with Crippen LogP contribution in [0.2, 0.25) is 0 Å². The van der Waals surface area contributed by atoms with Gasteiger partial charge >= 0.3 is 0 Å². The number of likely N-dealkylation sites (tertiary alicyclic amines) is 1. The molecule has 0 amide bonds. The number of hydrogen-bond donors (Lipinski definition) is 0. The number of aromatic nitrogens is 2. The predicted molar refractivity (Wildman–Crippen MR) is 98.4 cm³/mol. The molecule has 7 heteroatoms. The van der Waals surface area contributed by atoms with Crippen molar-refractivity contribution in [3.05, 3.63) is 18.6 Å². The summed E-state index contributed by atoms with van der Waals surface area (Å²) in [5, 5.41) is 0. The minimum Gasteiger partial charge on any atom is -0.350 e. The van der Waals surface area contributed by atoms with Crippen molar-refractivity contribution in [1.29, 1.82) is 0 Å². The van der Waals surface area contributed by atoms with Crippen LogP contribution in [-0.4, -0.2) is 66.5 Å². The molecule has 0 radical (unpaired) electrons. The Kier molecular flexibility index (Phi) is 4.95. The number of nitrogens with zero attached hydrogens (tertiary/aromatic N) is 4. The third-order valence-electron chi connectivity index (χ3n) is 5.91. The number of piperidine rings is 1. The van der Waals surface area contributed by atoms with Crippen LogP contribution in [0, 0.1) is 5.92 Å². The molecule has 0 unspecified atom stereocenters. The molecule has 138 valence electrons. The maximum absolute atomic E-state index is 11.6. The molecule has 1 aromatic rings. The standard InChI is InChI=1S/C18H28N4O2S/c23-25(24)11-6-15(7-12-25)13-21-9-4-17(5-10-21)22(16-1-2-16)18-3-8-19-14-20-18/h3,8,14-17H,1-2,4-7,9-13H2. The van der Waals surface area contributed by atoms with Crippen molar-refractivity contribution >= 4 is 15.7 Å². The average Bonchev–Trinajstić information content (AvgIpc) is 3.44. The lowest BCUT2D eigenvalue weighted by molar-refractivity contribution is 0.174. The molecular formula is C18H28N4O2S. The molecule has 1 aromatic heterocycles. The summed E-state index contributed by atoms with van der Waals surface area (Å²) in [5.74, 6) is 2.41. The van der Waals surface area contributed by atoms with Crippen molar-refractivity contribution < 1.29 is 8.42 Å². The van der Waals surface area contributed by atoms with Crippen LogP contribution in [0.15, 0.2) is 18.6 Å². The van der Waals surface area contributed by atoms with Crippen LogP contribution >= 0.6 is 0 Å². The van der Waals surface area contributed by atoms with Gasteiger partial charge in [-0.25, -0.2) is 18.4 Å². The maximum atomic E-state index is 11.6. The first-order valence-corrected chi connectivity index (χ1v) is 11.4. The Labute approximate surface area is 150 Å². The molecule has 0 N–H and O–H groups in total. The lowest BCUT2D eigenvalue weighted by Crippen LogP contribution is -2.47. The van der Waals surface area contributed by atoms with Crippen LogP contribution in [0.5, 0.6) is 0 Å². The Morgan fingerprint density at radius 3 is 2.32 bits per heavy atom. The molecule has 0 aromatic carbocycles. The highest BCUT2D eigenvalue weighted by atomic mass is 32.2. The second-order valence-corrected chi connectivity index (χ2v) is 10.1. The molecule has 3 fully saturated rings. The molecule has 6 nitrogen and oxygen atoms in total. The molecule has 3 aliphatic rings. The van der Waals surface area contributed by atoms with Gasteiger partial charge in [-0.05, 0) is 50.5 Å². The highest BCUT2D eigenvalue weighted by Gasteiger charge is 2.36. The van der Waals surface area contributed by atoms with Crippen LogP contribution < -0.4 is 4.90 Å². The van der Waals surface area contributed by atoms with Gasteiger partial charge in [0.2, 0.25) is 0 Å². The molecule has 4 rings (SSSR count). The largest absolute Gasteiger partial charge is 0.350 e. The molecule has 1 aliphatic carbocycles. The molecule has 3 heterocycles. The van der Waals surface area contributed by atoms with E-state index in [9.17, 15) is 8.42 Å². The summed E-state index contributed by atoms with van der Waals surface area (Å²) in [6, 6.07) is 3.27. The van der Waals surface area contributed by atoms with Crippen LogP contribution in [0.25, 0.3) is 0 Å². The van der Waals surface area contributed by atoms with Gasteiger partial charge in [0, 0.05) is 37.9 Å². The van der Waals surface area contributed by atoms with E-state index in [-0.39, 0.29) is 0 Å². The summed E-state index contributed by atoms with van der Waals surface area (Å²) in [4.78, 5) is 13.6. The molecule has 2 saturated heterocycles. The Bertz CT molecular complexity index is 656. The summed E-state index contributed by atoms with van der Waals surface area (Å²) in [7, 11) is -2.75. The Morgan fingerprint density at radius 1 is 1.04 bits per heavy atom. The van der Waals surface area contributed by atoms with E-state index in [1.54, 1.807) is 6.33 Å². The van der Waals surface area contributed by atoms with Gasteiger partial charge in [0.25, 0.3) is 0 Å². The fourth-order valence-electron chi connectivity index (χ4n) is 4.33. The van der Waals surface area contributed by atoms with E-state index < -0.39 is 9.84 Å². The highest BCUT2D eigenvalue weighted by Crippen LogP contribution is 2.35. The van der Waals surface area contributed by atoms with Crippen LogP contribution in [0.1, 0.15) is 38.5 Å². The van der Waals surface area contributed by atoms with Gasteiger partial charge < -0.3 is 9.80 Å². The minimum absolute atomic E-state index is 0.386. The first kappa shape index (κ1) is 17.2. The monoisotopic (exact) mass is 364 g/mol. The summed E-state index contributed by atoms with van der Waals surface area (Å²) in [6.07, 6.45) is 10.1. The van der Waals surface area contributed by atoms with Gasteiger partial charge in [-0.2, -0.15) is 0 Å². The van der Waals surface area contributed by atoms with Crippen LogP contribution in [0.4, 0.5) is 5.82 Å². The topological polar surface area (TPSA) is 66.4 Å². The lowest BCUT2D eigenvalue weighted by Gasteiger charge is -2.40. The van der Waals surface area contributed by atoms with Crippen molar-refractivity contribution in [1.82, 2.24) is 14.9 Å². The second kappa shape index (κ2) is 7.19.